The molecule has 0 amide bonds. The number of hydrogen-bond donors (Lipinski definition) is 2. The van der Waals surface area contributed by atoms with Gasteiger partial charge >= 0.3 is 0 Å². The molecule has 9 heteroatoms. The summed E-state index contributed by atoms with van der Waals surface area (Å²) in [7, 11) is -3.34. The number of benzene rings is 1. The van der Waals surface area contributed by atoms with Crippen LogP contribution in [0.1, 0.15) is 5.56 Å². The minimum Gasteiger partial charge on any atom is -0.346 e. The number of H-pyrrole nitrogens is 1. The number of hydrogen-bond acceptors (Lipinski definition) is 5. The van der Waals surface area contributed by atoms with Crippen molar-refractivity contribution in [1.82, 2.24) is 15.0 Å². The number of aromatic nitrogens is 3. The Morgan fingerprint density at radius 3 is 2.92 bits per heavy atom. The van der Waals surface area contributed by atoms with Crippen molar-refractivity contribution in [1.29, 1.82) is 0 Å². The van der Waals surface area contributed by atoms with Crippen molar-refractivity contribution >= 4 is 49.9 Å². The van der Waals surface area contributed by atoms with Gasteiger partial charge in [0.15, 0.2) is 0 Å². The number of nitrogens with zero attached hydrogens (tertiary/aromatic N) is 3. The summed E-state index contributed by atoms with van der Waals surface area (Å²) in [5.74, 6) is 0.528. The summed E-state index contributed by atoms with van der Waals surface area (Å²) in [6, 6.07) is 7.50. The molecule has 1 aliphatic heterocycles. The van der Waals surface area contributed by atoms with Crippen LogP contribution in [-0.4, -0.2) is 36.2 Å². The maximum absolute atomic E-state index is 12.1. The van der Waals surface area contributed by atoms with E-state index in [4.69, 9.17) is 11.6 Å². The molecule has 0 atom stereocenters. The van der Waals surface area contributed by atoms with Crippen molar-refractivity contribution in [2.75, 3.05) is 22.4 Å². The van der Waals surface area contributed by atoms with Gasteiger partial charge < -0.3 is 10.3 Å². The maximum atomic E-state index is 12.1. The van der Waals surface area contributed by atoms with Crippen LogP contribution in [0, 0.1) is 0 Å². The van der Waals surface area contributed by atoms with E-state index in [-0.39, 0.29) is 5.28 Å². The number of rotatable bonds is 3. The highest BCUT2D eigenvalue weighted by Crippen LogP contribution is 2.39. The van der Waals surface area contributed by atoms with Gasteiger partial charge in [-0.2, -0.15) is 9.97 Å². The van der Waals surface area contributed by atoms with Gasteiger partial charge in [0, 0.05) is 12.7 Å². The normalized spacial score (nSPS) is 14.2. The molecule has 0 saturated heterocycles. The van der Waals surface area contributed by atoms with E-state index < -0.39 is 10.0 Å². The average Bonchev–Trinajstić information content (AvgIpc) is 3.12. The van der Waals surface area contributed by atoms with E-state index in [9.17, 15) is 8.42 Å². The topological polar surface area (TPSA) is 91.0 Å². The predicted octanol–water partition coefficient (Wildman–Crippen LogP) is 2.68. The molecule has 4 rings (SSSR count). The fourth-order valence-corrected chi connectivity index (χ4v) is 4.13. The van der Waals surface area contributed by atoms with Crippen LogP contribution in [0.5, 0.6) is 0 Å². The third kappa shape index (κ3) is 2.47. The number of aromatic amines is 1. The summed E-state index contributed by atoms with van der Waals surface area (Å²) in [6.45, 7) is 0.441. The molecule has 2 N–H and O–H groups in total. The molecule has 3 heterocycles. The van der Waals surface area contributed by atoms with Gasteiger partial charge in [0.1, 0.15) is 11.5 Å². The predicted molar refractivity (Wildman–Crippen MR) is 94.5 cm³/mol. The van der Waals surface area contributed by atoms with Crippen LogP contribution in [-0.2, 0) is 16.4 Å². The van der Waals surface area contributed by atoms with E-state index in [0.29, 0.717) is 35.8 Å². The Hall–Kier alpha value is -2.32. The molecule has 3 aromatic rings. The smallest absolute Gasteiger partial charge is 0.232 e. The molecule has 124 valence electrons. The van der Waals surface area contributed by atoms with Crippen molar-refractivity contribution in [3.05, 3.63) is 41.3 Å². The van der Waals surface area contributed by atoms with Crippen LogP contribution in [0.4, 0.5) is 17.2 Å². The Balaban J connectivity index is 1.84. The summed E-state index contributed by atoms with van der Waals surface area (Å²) in [4.78, 5) is 11.3. The van der Waals surface area contributed by atoms with Crippen LogP contribution in [0.3, 0.4) is 0 Å². The van der Waals surface area contributed by atoms with E-state index >= 15 is 0 Å². The molecule has 24 heavy (non-hydrogen) atoms. The van der Waals surface area contributed by atoms with Gasteiger partial charge in [-0.25, -0.2) is 8.42 Å². The highest BCUT2D eigenvalue weighted by atomic mass is 35.5. The molecule has 0 fully saturated rings. The van der Waals surface area contributed by atoms with Gasteiger partial charge in [0.2, 0.25) is 15.3 Å². The van der Waals surface area contributed by atoms with E-state index in [0.717, 1.165) is 10.9 Å². The zero-order chi connectivity index (χ0) is 16.9. The average molecular weight is 364 g/mol. The van der Waals surface area contributed by atoms with Crippen LogP contribution in [0.25, 0.3) is 11.0 Å². The molecule has 0 spiro atoms. The van der Waals surface area contributed by atoms with Crippen molar-refractivity contribution in [3.8, 4) is 0 Å². The maximum Gasteiger partial charge on any atom is 0.232 e. The van der Waals surface area contributed by atoms with Crippen molar-refractivity contribution < 1.29 is 8.42 Å². The lowest BCUT2D eigenvalue weighted by Crippen LogP contribution is -2.28. The van der Waals surface area contributed by atoms with Gasteiger partial charge in [-0.15, -0.1) is 0 Å². The van der Waals surface area contributed by atoms with E-state index in [1.807, 2.05) is 24.3 Å². The molecule has 0 aliphatic carbocycles. The van der Waals surface area contributed by atoms with Crippen LogP contribution >= 0.6 is 11.6 Å². The summed E-state index contributed by atoms with van der Waals surface area (Å²) in [5.41, 5.74) is 2.94. The Bertz CT molecular complexity index is 1050. The van der Waals surface area contributed by atoms with Crippen LogP contribution in [0.15, 0.2) is 30.5 Å². The quantitative estimate of drug-likeness (QED) is 0.698. The summed E-state index contributed by atoms with van der Waals surface area (Å²) < 4.78 is 25.6. The number of fused-ring (bicyclic) bond motifs is 2. The molecule has 0 unspecified atom stereocenters. The van der Waals surface area contributed by atoms with Gasteiger partial charge in [0.05, 0.1) is 23.0 Å². The van der Waals surface area contributed by atoms with Gasteiger partial charge in [-0.1, -0.05) is 12.1 Å². The highest BCUT2D eigenvalue weighted by Gasteiger charge is 2.29. The second-order valence-corrected chi connectivity index (χ2v) is 7.85. The lowest BCUT2D eigenvalue weighted by atomic mass is 10.1. The molecule has 7 nitrogen and oxygen atoms in total. The Morgan fingerprint density at radius 1 is 1.29 bits per heavy atom. The van der Waals surface area contributed by atoms with Gasteiger partial charge in [0.25, 0.3) is 0 Å². The summed E-state index contributed by atoms with van der Waals surface area (Å²) in [5, 5.41) is 4.10. The van der Waals surface area contributed by atoms with Gasteiger partial charge in [-0.05, 0) is 35.7 Å². The third-order valence-electron chi connectivity index (χ3n) is 4.00. The SMILES string of the molecule is CS(=O)(=O)N1CCc2cccc(Nc3nc(Cl)nc4[nH]ccc34)c21. The Kier molecular flexibility index (Phi) is 3.40. The van der Waals surface area contributed by atoms with Gasteiger partial charge in [-0.3, -0.25) is 4.31 Å². The van der Waals surface area contributed by atoms with E-state index in [2.05, 4.69) is 20.3 Å². The number of halogens is 1. The number of nitrogens with one attached hydrogen (secondary N) is 2. The lowest BCUT2D eigenvalue weighted by Gasteiger charge is -2.20. The minimum absolute atomic E-state index is 0.111. The first kappa shape index (κ1) is 15.2. The molecule has 0 bridgehead atoms. The zero-order valence-corrected chi connectivity index (χ0v) is 14.3. The standard InChI is InChI=1S/C15H14ClN5O2S/c1-24(22,23)21-8-6-9-3-2-4-11(12(9)21)18-14-10-5-7-17-13(10)19-15(16)20-14/h2-5,7H,6,8H2,1H3,(H2,17,18,19,20). The third-order valence-corrected chi connectivity index (χ3v) is 5.33. The summed E-state index contributed by atoms with van der Waals surface area (Å²) in [6.07, 6.45) is 3.64. The Morgan fingerprint density at radius 2 is 2.12 bits per heavy atom. The van der Waals surface area contributed by atoms with Crippen molar-refractivity contribution in [3.63, 3.8) is 0 Å². The number of sulfonamides is 1. The minimum atomic E-state index is -3.34. The fourth-order valence-electron chi connectivity index (χ4n) is 2.99. The fraction of sp³-hybridized carbons (Fsp3) is 0.200. The van der Waals surface area contributed by atoms with Crippen molar-refractivity contribution in [2.45, 2.75) is 6.42 Å². The molecule has 0 saturated carbocycles. The molecule has 1 aliphatic rings. The second-order valence-electron chi connectivity index (χ2n) is 5.60. The number of para-hydroxylation sites is 1. The molecule has 1 aromatic carbocycles. The lowest BCUT2D eigenvalue weighted by molar-refractivity contribution is 0.598. The first-order valence-electron chi connectivity index (χ1n) is 7.31. The number of anilines is 3. The highest BCUT2D eigenvalue weighted by molar-refractivity contribution is 7.92. The molecule has 0 radical (unpaired) electrons. The van der Waals surface area contributed by atoms with Crippen molar-refractivity contribution in [2.24, 2.45) is 0 Å². The monoisotopic (exact) mass is 363 g/mol. The molecule has 2 aromatic heterocycles. The zero-order valence-electron chi connectivity index (χ0n) is 12.7. The Labute approximate surface area is 143 Å². The largest absolute Gasteiger partial charge is 0.346 e. The van der Waals surface area contributed by atoms with E-state index in [1.54, 1.807) is 6.20 Å². The van der Waals surface area contributed by atoms with Crippen LogP contribution < -0.4 is 9.62 Å². The second kappa shape index (κ2) is 5.35. The molecular formula is C15H14ClN5O2S. The van der Waals surface area contributed by atoms with Crippen LogP contribution in [0.2, 0.25) is 5.28 Å². The first-order valence-corrected chi connectivity index (χ1v) is 9.53. The van der Waals surface area contributed by atoms with E-state index in [1.165, 1.54) is 10.6 Å². The molecular weight excluding hydrogens is 350 g/mol. The first-order chi connectivity index (χ1) is 11.4. The summed E-state index contributed by atoms with van der Waals surface area (Å²) >= 11 is 5.98.